The Morgan fingerprint density at radius 3 is 2.21 bits per heavy atom. The summed E-state index contributed by atoms with van der Waals surface area (Å²) in [5.41, 5.74) is 0. The summed E-state index contributed by atoms with van der Waals surface area (Å²) in [6, 6.07) is 0. The maximum absolute atomic E-state index is 3.90. The molecule has 0 aromatic heterocycles. The van der Waals surface area contributed by atoms with Crippen LogP contribution in [-0.2, 0) is 0 Å². The average Bonchev–Trinajstić information content (AvgIpc) is 2.21. The zero-order valence-electron chi connectivity index (χ0n) is 10.5. The van der Waals surface area contributed by atoms with Crippen LogP contribution in [0.2, 0.25) is 0 Å². The molecule has 0 aliphatic rings. The Hall–Kier alpha value is 0. The predicted molar refractivity (Wildman–Crippen MR) is 66.3 cm³/mol. The van der Waals surface area contributed by atoms with Crippen LogP contribution >= 0.6 is 0 Å². The van der Waals surface area contributed by atoms with Crippen molar-refractivity contribution in [1.82, 2.24) is 0 Å². The minimum atomic E-state index is 0.919. The lowest BCUT2D eigenvalue weighted by atomic mass is 9.90. The topological polar surface area (TPSA) is 0 Å². The molecule has 0 rings (SSSR count). The molecule has 2 unspecified atom stereocenters. The van der Waals surface area contributed by atoms with Crippen molar-refractivity contribution in [3.8, 4) is 0 Å². The van der Waals surface area contributed by atoms with Gasteiger partial charge in [-0.3, -0.25) is 0 Å². The molecule has 0 aliphatic heterocycles. The molecule has 0 aliphatic carbocycles. The van der Waals surface area contributed by atoms with E-state index < -0.39 is 0 Å². The van der Waals surface area contributed by atoms with Crippen molar-refractivity contribution in [2.75, 3.05) is 0 Å². The van der Waals surface area contributed by atoms with Crippen molar-refractivity contribution < 1.29 is 0 Å². The lowest BCUT2D eigenvalue weighted by molar-refractivity contribution is 0.364. The van der Waals surface area contributed by atoms with E-state index in [1.807, 2.05) is 0 Å². The SMILES string of the molecule is [CH2]CCCC(C)CCC(CC)CCC. The monoisotopic (exact) mass is 197 g/mol. The van der Waals surface area contributed by atoms with Gasteiger partial charge in [-0.1, -0.05) is 79.1 Å². The molecule has 0 amide bonds. The Bertz CT molecular complexity index is 107. The molecular formula is C14H29. The Labute approximate surface area is 91.5 Å². The molecule has 0 heterocycles. The molecular weight excluding hydrogens is 168 g/mol. The molecule has 0 heteroatoms. The van der Waals surface area contributed by atoms with Gasteiger partial charge in [-0.25, -0.2) is 0 Å². The Balaban J connectivity index is 3.46. The highest BCUT2D eigenvalue weighted by Gasteiger charge is 2.08. The van der Waals surface area contributed by atoms with E-state index in [9.17, 15) is 0 Å². The van der Waals surface area contributed by atoms with Crippen molar-refractivity contribution in [2.24, 2.45) is 11.8 Å². The Morgan fingerprint density at radius 2 is 1.71 bits per heavy atom. The second-order valence-electron chi connectivity index (χ2n) is 4.74. The zero-order valence-corrected chi connectivity index (χ0v) is 10.5. The van der Waals surface area contributed by atoms with Gasteiger partial charge in [0, 0.05) is 0 Å². The van der Waals surface area contributed by atoms with E-state index in [0.717, 1.165) is 18.3 Å². The number of rotatable bonds is 9. The van der Waals surface area contributed by atoms with Crippen LogP contribution in [0.15, 0.2) is 0 Å². The van der Waals surface area contributed by atoms with Crippen molar-refractivity contribution in [1.29, 1.82) is 0 Å². The summed E-state index contributed by atoms with van der Waals surface area (Å²) < 4.78 is 0. The third-order valence-corrected chi connectivity index (χ3v) is 3.29. The van der Waals surface area contributed by atoms with Crippen LogP contribution in [0.3, 0.4) is 0 Å². The maximum atomic E-state index is 3.90. The van der Waals surface area contributed by atoms with E-state index in [2.05, 4.69) is 27.7 Å². The normalized spacial score (nSPS) is 15.4. The Morgan fingerprint density at radius 1 is 1.00 bits per heavy atom. The van der Waals surface area contributed by atoms with Gasteiger partial charge >= 0.3 is 0 Å². The van der Waals surface area contributed by atoms with Crippen molar-refractivity contribution in [3.63, 3.8) is 0 Å². The van der Waals surface area contributed by atoms with Gasteiger partial charge in [0.15, 0.2) is 0 Å². The largest absolute Gasteiger partial charge is 0.0654 e. The van der Waals surface area contributed by atoms with Crippen LogP contribution in [0.1, 0.15) is 72.1 Å². The van der Waals surface area contributed by atoms with Crippen molar-refractivity contribution >= 4 is 0 Å². The van der Waals surface area contributed by atoms with Gasteiger partial charge in [0.05, 0.1) is 0 Å². The summed E-state index contributed by atoms with van der Waals surface area (Å²) in [5, 5.41) is 0. The van der Waals surface area contributed by atoms with E-state index in [1.165, 1.54) is 44.9 Å². The van der Waals surface area contributed by atoms with E-state index in [1.54, 1.807) is 0 Å². The molecule has 1 radical (unpaired) electrons. The van der Waals surface area contributed by atoms with Crippen LogP contribution in [0.25, 0.3) is 0 Å². The van der Waals surface area contributed by atoms with Crippen molar-refractivity contribution in [2.45, 2.75) is 72.1 Å². The molecule has 0 fully saturated rings. The summed E-state index contributed by atoms with van der Waals surface area (Å²) in [7, 11) is 0. The maximum Gasteiger partial charge on any atom is -0.0417 e. The molecule has 0 N–H and O–H groups in total. The van der Waals surface area contributed by atoms with Crippen LogP contribution in [0.4, 0.5) is 0 Å². The highest BCUT2D eigenvalue weighted by atomic mass is 14.1. The summed E-state index contributed by atoms with van der Waals surface area (Å²) >= 11 is 0. The predicted octanol–water partition coefficient (Wildman–Crippen LogP) is 5.23. The minimum Gasteiger partial charge on any atom is -0.0654 e. The lowest BCUT2D eigenvalue weighted by Crippen LogP contribution is -2.02. The molecule has 0 spiro atoms. The number of hydrogen-bond acceptors (Lipinski definition) is 0. The molecule has 0 aromatic carbocycles. The molecule has 0 saturated carbocycles. The quantitative estimate of drug-likeness (QED) is 0.474. The highest BCUT2D eigenvalue weighted by Crippen LogP contribution is 2.22. The van der Waals surface area contributed by atoms with Gasteiger partial charge in [0.25, 0.3) is 0 Å². The summed E-state index contributed by atoms with van der Waals surface area (Å²) in [5.74, 6) is 1.91. The third-order valence-electron chi connectivity index (χ3n) is 3.29. The lowest BCUT2D eigenvalue weighted by Gasteiger charge is -2.16. The van der Waals surface area contributed by atoms with E-state index >= 15 is 0 Å². The number of unbranched alkanes of at least 4 members (excludes halogenated alkanes) is 1. The minimum absolute atomic E-state index is 0.919. The van der Waals surface area contributed by atoms with Gasteiger partial charge in [-0.15, -0.1) is 0 Å². The van der Waals surface area contributed by atoms with Gasteiger partial charge in [0.2, 0.25) is 0 Å². The summed E-state index contributed by atoms with van der Waals surface area (Å²) in [6.07, 6.45) is 10.8. The summed E-state index contributed by atoms with van der Waals surface area (Å²) in [6.45, 7) is 10.9. The fraction of sp³-hybridized carbons (Fsp3) is 0.929. The van der Waals surface area contributed by atoms with E-state index in [-0.39, 0.29) is 0 Å². The molecule has 85 valence electrons. The third kappa shape index (κ3) is 7.41. The van der Waals surface area contributed by atoms with Crippen LogP contribution in [0.5, 0.6) is 0 Å². The molecule has 2 atom stereocenters. The first-order valence-electron chi connectivity index (χ1n) is 6.53. The zero-order chi connectivity index (χ0) is 10.8. The van der Waals surface area contributed by atoms with Crippen molar-refractivity contribution in [3.05, 3.63) is 6.92 Å². The van der Waals surface area contributed by atoms with Gasteiger partial charge in [-0.05, 0) is 11.8 Å². The highest BCUT2D eigenvalue weighted by molar-refractivity contribution is 4.61. The average molecular weight is 197 g/mol. The molecule has 0 aromatic rings. The van der Waals surface area contributed by atoms with Gasteiger partial charge < -0.3 is 0 Å². The molecule has 0 nitrogen and oxygen atoms in total. The summed E-state index contributed by atoms with van der Waals surface area (Å²) in [4.78, 5) is 0. The first-order chi connectivity index (χ1) is 6.74. The molecule has 14 heavy (non-hydrogen) atoms. The fourth-order valence-corrected chi connectivity index (χ4v) is 2.12. The van der Waals surface area contributed by atoms with E-state index in [0.29, 0.717) is 0 Å². The molecule has 0 saturated heterocycles. The first kappa shape index (κ1) is 14.0. The van der Waals surface area contributed by atoms with Crippen LogP contribution in [-0.4, -0.2) is 0 Å². The second-order valence-corrected chi connectivity index (χ2v) is 4.74. The van der Waals surface area contributed by atoms with E-state index in [4.69, 9.17) is 0 Å². The molecule has 0 bridgehead atoms. The fourth-order valence-electron chi connectivity index (χ4n) is 2.12. The first-order valence-corrected chi connectivity index (χ1v) is 6.53. The van der Waals surface area contributed by atoms with Crippen LogP contribution in [0, 0.1) is 18.8 Å². The number of hydrogen-bond donors (Lipinski definition) is 0. The standard InChI is InChI=1S/C14H29/c1-5-8-10-13(4)11-12-14(7-3)9-6-2/h13-14H,1,5-12H2,2-4H3. The Kier molecular flexibility index (Phi) is 9.55. The second kappa shape index (κ2) is 9.55. The van der Waals surface area contributed by atoms with Gasteiger partial charge in [-0.2, -0.15) is 0 Å². The van der Waals surface area contributed by atoms with Gasteiger partial charge in [0.1, 0.15) is 0 Å². The van der Waals surface area contributed by atoms with Crippen LogP contribution < -0.4 is 0 Å². The smallest absolute Gasteiger partial charge is 0.0417 e.